The Morgan fingerprint density at radius 3 is 2.53 bits per heavy atom. The molecule has 0 unspecified atom stereocenters. The summed E-state index contributed by atoms with van der Waals surface area (Å²) in [5, 5.41) is 3.31. The number of nitrogens with two attached hydrogens (primary N) is 1. The van der Waals surface area contributed by atoms with Gasteiger partial charge in [-0.2, -0.15) is 11.8 Å². The van der Waals surface area contributed by atoms with Crippen molar-refractivity contribution in [1.82, 2.24) is 0 Å². The molecule has 17 heavy (non-hydrogen) atoms. The Hall–Kier alpha value is -1.16. The smallest absolute Gasteiger partial charge is 0.248 e. The van der Waals surface area contributed by atoms with E-state index in [0.717, 1.165) is 23.9 Å². The van der Waals surface area contributed by atoms with Crippen molar-refractivity contribution in [3.8, 4) is 0 Å². The molecule has 3 N–H and O–H groups in total. The number of rotatable bonds is 7. The number of thioether (sulfide) groups is 1. The van der Waals surface area contributed by atoms with Gasteiger partial charge >= 0.3 is 0 Å². The van der Waals surface area contributed by atoms with Crippen LogP contribution in [-0.2, 0) is 0 Å². The number of carbonyl (C=O) groups is 1. The molecule has 1 amide bonds. The van der Waals surface area contributed by atoms with Crippen LogP contribution in [0.25, 0.3) is 0 Å². The van der Waals surface area contributed by atoms with Crippen molar-refractivity contribution in [1.29, 1.82) is 0 Å². The molecule has 0 aromatic heterocycles. The van der Waals surface area contributed by atoms with Crippen molar-refractivity contribution < 1.29 is 4.79 Å². The van der Waals surface area contributed by atoms with Gasteiger partial charge in [-0.05, 0) is 35.9 Å². The van der Waals surface area contributed by atoms with Gasteiger partial charge in [-0.1, -0.05) is 13.8 Å². The van der Waals surface area contributed by atoms with Gasteiger partial charge in [0.05, 0.1) is 0 Å². The zero-order valence-electron chi connectivity index (χ0n) is 10.4. The van der Waals surface area contributed by atoms with Crippen LogP contribution >= 0.6 is 11.8 Å². The van der Waals surface area contributed by atoms with Crippen molar-refractivity contribution in [2.75, 3.05) is 23.4 Å². The highest BCUT2D eigenvalue weighted by Crippen LogP contribution is 2.10. The Morgan fingerprint density at radius 1 is 1.35 bits per heavy atom. The highest BCUT2D eigenvalue weighted by molar-refractivity contribution is 7.99. The third kappa shape index (κ3) is 5.63. The molecule has 0 bridgehead atoms. The molecule has 1 aromatic carbocycles. The first-order valence-corrected chi connectivity index (χ1v) is 6.96. The molecule has 0 atom stereocenters. The Bertz CT molecular complexity index is 349. The second-order valence-electron chi connectivity index (χ2n) is 4.34. The van der Waals surface area contributed by atoms with Gasteiger partial charge in [0.25, 0.3) is 0 Å². The second-order valence-corrected chi connectivity index (χ2v) is 5.49. The maximum absolute atomic E-state index is 10.9. The molecule has 94 valence electrons. The van der Waals surface area contributed by atoms with E-state index < -0.39 is 0 Å². The number of amides is 1. The van der Waals surface area contributed by atoms with Crippen molar-refractivity contribution in [2.45, 2.75) is 13.8 Å². The highest BCUT2D eigenvalue weighted by Gasteiger charge is 1.99. The zero-order chi connectivity index (χ0) is 12.7. The third-order valence-electron chi connectivity index (χ3n) is 2.20. The number of nitrogens with one attached hydrogen (secondary N) is 1. The predicted octanol–water partition coefficient (Wildman–Crippen LogP) is 2.59. The van der Waals surface area contributed by atoms with E-state index >= 15 is 0 Å². The molecule has 0 radical (unpaired) electrons. The van der Waals surface area contributed by atoms with E-state index in [9.17, 15) is 4.79 Å². The van der Waals surface area contributed by atoms with Crippen LogP contribution in [0.5, 0.6) is 0 Å². The standard InChI is InChI=1S/C13H20N2OS/c1-10(2)9-17-8-7-15-12-5-3-11(4-6-12)13(14)16/h3-6,10,15H,7-9H2,1-2H3,(H2,14,16). The number of primary amides is 1. The van der Waals surface area contributed by atoms with Gasteiger partial charge in [-0.3, -0.25) is 4.79 Å². The van der Waals surface area contributed by atoms with Crippen LogP contribution in [0.3, 0.4) is 0 Å². The van der Waals surface area contributed by atoms with Gasteiger partial charge in [0, 0.05) is 23.5 Å². The molecular weight excluding hydrogens is 232 g/mol. The molecule has 0 aliphatic carbocycles. The number of hydrogen-bond acceptors (Lipinski definition) is 3. The van der Waals surface area contributed by atoms with Gasteiger partial charge < -0.3 is 11.1 Å². The van der Waals surface area contributed by atoms with Crippen molar-refractivity contribution in [2.24, 2.45) is 11.7 Å². The van der Waals surface area contributed by atoms with Crippen LogP contribution in [0.1, 0.15) is 24.2 Å². The maximum Gasteiger partial charge on any atom is 0.248 e. The molecule has 4 heteroatoms. The van der Waals surface area contributed by atoms with E-state index in [1.54, 1.807) is 12.1 Å². The van der Waals surface area contributed by atoms with Crippen molar-refractivity contribution in [3.05, 3.63) is 29.8 Å². The van der Waals surface area contributed by atoms with Crippen molar-refractivity contribution in [3.63, 3.8) is 0 Å². The fourth-order valence-electron chi connectivity index (χ4n) is 1.34. The van der Waals surface area contributed by atoms with Crippen LogP contribution in [0.2, 0.25) is 0 Å². The summed E-state index contributed by atoms with van der Waals surface area (Å²) in [5.41, 5.74) is 6.74. The summed E-state index contributed by atoms with van der Waals surface area (Å²) in [6.45, 7) is 5.39. The third-order valence-corrected chi connectivity index (χ3v) is 3.59. The molecule has 0 aliphatic heterocycles. The molecule has 0 heterocycles. The molecule has 0 saturated heterocycles. The average Bonchev–Trinajstić information content (AvgIpc) is 2.29. The fraction of sp³-hybridized carbons (Fsp3) is 0.462. The van der Waals surface area contributed by atoms with Crippen LogP contribution in [-0.4, -0.2) is 24.0 Å². The van der Waals surface area contributed by atoms with Gasteiger partial charge in [0.15, 0.2) is 0 Å². The lowest BCUT2D eigenvalue weighted by molar-refractivity contribution is 0.100. The number of anilines is 1. The summed E-state index contributed by atoms with van der Waals surface area (Å²) >= 11 is 1.95. The minimum Gasteiger partial charge on any atom is -0.384 e. The van der Waals surface area contributed by atoms with Gasteiger partial charge in [-0.25, -0.2) is 0 Å². The van der Waals surface area contributed by atoms with E-state index in [-0.39, 0.29) is 5.91 Å². The van der Waals surface area contributed by atoms with E-state index in [0.29, 0.717) is 5.56 Å². The largest absolute Gasteiger partial charge is 0.384 e. The lowest BCUT2D eigenvalue weighted by atomic mass is 10.2. The van der Waals surface area contributed by atoms with Crippen LogP contribution in [0, 0.1) is 5.92 Å². The number of benzene rings is 1. The molecule has 1 aromatic rings. The quantitative estimate of drug-likeness (QED) is 0.733. The summed E-state index contributed by atoms with van der Waals surface area (Å²) in [5.74, 6) is 2.65. The lowest BCUT2D eigenvalue weighted by Crippen LogP contribution is -2.11. The van der Waals surface area contributed by atoms with E-state index in [1.165, 1.54) is 5.75 Å². The molecule has 1 rings (SSSR count). The Kier molecular flexibility index (Phi) is 5.91. The molecule has 0 spiro atoms. The average molecular weight is 252 g/mol. The fourth-order valence-corrected chi connectivity index (χ4v) is 2.22. The van der Waals surface area contributed by atoms with E-state index in [4.69, 9.17) is 5.73 Å². The molecule has 3 nitrogen and oxygen atoms in total. The summed E-state index contributed by atoms with van der Waals surface area (Å²) in [6, 6.07) is 7.25. The van der Waals surface area contributed by atoms with Crippen LogP contribution in [0.15, 0.2) is 24.3 Å². The minimum atomic E-state index is -0.385. The molecular formula is C13H20N2OS. The minimum absolute atomic E-state index is 0.385. The molecule has 0 saturated carbocycles. The SMILES string of the molecule is CC(C)CSCCNc1ccc(C(N)=O)cc1. The summed E-state index contributed by atoms with van der Waals surface area (Å²) in [6.07, 6.45) is 0. The Balaban J connectivity index is 2.25. The first-order valence-electron chi connectivity index (χ1n) is 5.81. The number of carbonyl (C=O) groups excluding carboxylic acids is 1. The molecule has 0 fully saturated rings. The monoisotopic (exact) mass is 252 g/mol. The predicted molar refractivity (Wildman–Crippen MR) is 75.6 cm³/mol. The van der Waals surface area contributed by atoms with Gasteiger partial charge in [0.2, 0.25) is 5.91 Å². The zero-order valence-corrected chi connectivity index (χ0v) is 11.2. The van der Waals surface area contributed by atoms with E-state index in [1.807, 2.05) is 23.9 Å². The maximum atomic E-state index is 10.9. The Morgan fingerprint density at radius 2 is 2.00 bits per heavy atom. The summed E-state index contributed by atoms with van der Waals surface area (Å²) in [7, 11) is 0. The van der Waals surface area contributed by atoms with Gasteiger partial charge in [-0.15, -0.1) is 0 Å². The highest BCUT2D eigenvalue weighted by atomic mass is 32.2. The first kappa shape index (κ1) is 13.9. The van der Waals surface area contributed by atoms with Crippen molar-refractivity contribution >= 4 is 23.4 Å². The van der Waals surface area contributed by atoms with Crippen LogP contribution < -0.4 is 11.1 Å². The molecule has 0 aliphatic rings. The summed E-state index contributed by atoms with van der Waals surface area (Å²) in [4.78, 5) is 10.9. The van der Waals surface area contributed by atoms with Crippen LogP contribution in [0.4, 0.5) is 5.69 Å². The van der Waals surface area contributed by atoms with Gasteiger partial charge in [0.1, 0.15) is 0 Å². The topological polar surface area (TPSA) is 55.1 Å². The lowest BCUT2D eigenvalue weighted by Gasteiger charge is -2.07. The number of hydrogen-bond donors (Lipinski definition) is 2. The summed E-state index contributed by atoms with van der Waals surface area (Å²) < 4.78 is 0. The first-order chi connectivity index (χ1) is 8.09. The normalized spacial score (nSPS) is 10.5. The second kappa shape index (κ2) is 7.22. The Labute approximate surface area is 107 Å². The van der Waals surface area contributed by atoms with E-state index in [2.05, 4.69) is 19.2 Å².